The van der Waals surface area contributed by atoms with Gasteiger partial charge in [-0.3, -0.25) is 9.69 Å². The Hall–Kier alpha value is -3.37. The lowest BCUT2D eigenvalue weighted by Crippen LogP contribution is -2.44. The molecule has 0 radical (unpaired) electrons. The quantitative estimate of drug-likeness (QED) is 0.362. The number of nitrogens with zero attached hydrogens (tertiary/aromatic N) is 2. The third-order valence-corrected chi connectivity index (χ3v) is 7.17. The number of carbonyl (C=O) groups is 1. The first kappa shape index (κ1) is 23.4. The summed E-state index contributed by atoms with van der Waals surface area (Å²) in [7, 11) is 0. The topological polar surface area (TPSA) is 37.3 Å². The number of piperidine rings is 1. The monoisotopic (exact) mass is 465 g/mol. The Labute approximate surface area is 208 Å². The van der Waals surface area contributed by atoms with Gasteiger partial charge in [-0.1, -0.05) is 78.4 Å². The number of benzene rings is 3. The fourth-order valence-corrected chi connectivity index (χ4v) is 5.17. The summed E-state index contributed by atoms with van der Waals surface area (Å²) in [5.74, 6) is 0.168. The molecule has 0 aliphatic carbocycles. The van der Waals surface area contributed by atoms with Crippen molar-refractivity contribution in [2.45, 2.75) is 51.7 Å². The minimum Gasteiger partial charge on any atom is -0.353 e. The average molecular weight is 466 g/mol. The van der Waals surface area contributed by atoms with Crippen molar-refractivity contribution in [1.82, 2.24) is 14.8 Å². The summed E-state index contributed by atoms with van der Waals surface area (Å²) in [6.07, 6.45) is 5.57. The second-order valence-corrected chi connectivity index (χ2v) is 9.89. The van der Waals surface area contributed by atoms with Crippen LogP contribution in [0.2, 0.25) is 0 Å². The normalized spacial score (nSPS) is 14.9. The molecule has 3 aromatic carbocycles. The van der Waals surface area contributed by atoms with E-state index >= 15 is 0 Å². The van der Waals surface area contributed by atoms with Crippen LogP contribution in [0.5, 0.6) is 0 Å². The van der Waals surface area contributed by atoms with Crippen molar-refractivity contribution < 1.29 is 4.79 Å². The molecule has 1 amide bonds. The standard InChI is InChI=1S/C31H35N3O/c1-24-11-13-26(14-12-24)22-34-23-27(29-9-5-6-10-30(29)34)15-16-31(35)32-28-17-19-33(20-18-28)21-25-7-3-2-4-8-25/h2-14,23,28H,15-22H2,1H3,(H,32,35). The second kappa shape index (κ2) is 10.9. The van der Waals surface area contributed by atoms with Crippen LogP contribution in [0.1, 0.15) is 41.5 Å². The number of hydrogen-bond acceptors (Lipinski definition) is 2. The molecule has 35 heavy (non-hydrogen) atoms. The summed E-state index contributed by atoms with van der Waals surface area (Å²) in [6, 6.07) is 28.2. The number of carbonyl (C=O) groups excluding carboxylic acids is 1. The van der Waals surface area contributed by atoms with E-state index in [4.69, 9.17) is 0 Å². The van der Waals surface area contributed by atoms with E-state index in [0.29, 0.717) is 6.42 Å². The van der Waals surface area contributed by atoms with Crippen molar-refractivity contribution >= 4 is 16.8 Å². The van der Waals surface area contributed by atoms with Gasteiger partial charge in [0.05, 0.1) is 0 Å². The molecule has 1 aliphatic rings. The van der Waals surface area contributed by atoms with Crippen molar-refractivity contribution in [2.24, 2.45) is 0 Å². The molecule has 4 aromatic rings. The molecule has 0 unspecified atom stereocenters. The summed E-state index contributed by atoms with van der Waals surface area (Å²) >= 11 is 0. The van der Waals surface area contributed by atoms with Gasteiger partial charge in [0.15, 0.2) is 0 Å². The molecular weight excluding hydrogens is 430 g/mol. The van der Waals surface area contributed by atoms with Gasteiger partial charge < -0.3 is 9.88 Å². The highest BCUT2D eigenvalue weighted by molar-refractivity contribution is 5.85. The fraction of sp³-hybridized carbons (Fsp3) is 0.323. The Kier molecular flexibility index (Phi) is 7.29. The second-order valence-electron chi connectivity index (χ2n) is 9.89. The Morgan fingerprint density at radius 1 is 0.857 bits per heavy atom. The summed E-state index contributed by atoms with van der Waals surface area (Å²) < 4.78 is 2.32. The highest BCUT2D eigenvalue weighted by Crippen LogP contribution is 2.24. The molecule has 1 aromatic heterocycles. The van der Waals surface area contributed by atoms with E-state index < -0.39 is 0 Å². The predicted octanol–water partition coefficient (Wildman–Crippen LogP) is 5.71. The van der Waals surface area contributed by atoms with Gasteiger partial charge >= 0.3 is 0 Å². The predicted molar refractivity (Wildman–Crippen MR) is 143 cm³/mol. The first-order chi connectivity index (χ1) is 17.1. The van der Waals surface area contributed by atoms with Gasteiger partial charge in [0.25, 0.3) is 0 Å². The number of fused-ring (bicyclic) bond motifs is 1. The van der Waals surface area contributed by atoms with E-state index in [1.165, 1.54) is 33.2 Å². The van der Waals surface area contributed by atoms with Gasteiger partial charge in [0, 0.05) is 55.7 Å². The lowest BCUT2D eigenvalue weighted by Gasteiger charge is -2.32. The average Bonchev–Trinajstić information content (AvgIpc) is 3.23. The van der Waals surface area contributed by atoms with Crippen molar-refractivity contribution in [3.63, 3.8) is 0 Å². The van der Waals surface area contributed by atoms with Crippen molar-refractivity contribution in [3.8, 4) is 0 Å². The van der Waals surface area contributed by atoms with E-state index in [1.807, 2.05) is 0 Å². The number of hydrogen-bond donors (Lipinski definition) is 1. The zero-order chi connectivity index (χ0) is 24.0. The number of amides is 1. The largest absolute Gasteiger partial charge is 0.353 e. The molecule has 0 saturated carbocycles. The maximum Gasteiger partial charge on any atom is 0.220 e. The number of aryl methyl sites for hydroxylation is 2. The minimum atomic E-state index is 0.168. The zero-order valence-corrected chi connectivity index (χ0v) is 20.6. The number of para-hydroxylation sites is 1. The van der Waals surface area contributed by atoms with Crippen molar-refractivity contribution in [3.05, 3.63) is 107 Å². The molecule has 1 N–H and O–H groups in total. The molecular formula is C31H35N3O. The fourth-order valence-electron chi connectivity index (χ4n) is 5.17. The third kappa shape index (κ3) is 6.01. The van der Waals surface area contributed by atoms with Gasteiger partial charge in [-0.2, -0.15) is 0 Å². The van der Waals surface area contributed by atoms with Crippen molar-refractivity contribution in [1.29, 1.82) is 0 Å². The number of likely N-dealkylation sites (tertiary alicyclic amines) is 1. The Balaban J connectivity index is 1.15. The molecule has 1 saturated heterocycles. The maximum absolute atomic E-state index is 12.8. The summed E-state index contributed by atoms with van der Waals surface area (Å²) in [6.45, 7) is 6.02. The maximum atomic E-state index is 12.8. The molecule has 2 heterocycles. The molecule has 180 valence electrons. The van der Waals surface area contributed by atoms with Gasteiger partial charge in [-0.25, -0.2) is 0 Å². The summed E-state index contributed by atoms with van der Waals surface area (Å²) in [5, 5.41) is 4.55. The van der Waals surface area contributed by atoms with Crippen LogP contribution in [0.3, 0.4) is 0 Å². The summed E-state index contributed by atoms with van der Waals surface area (Å²) in [5.41, 5.74) is 6.41. The molecule has 0 spiro atoms. The van der Waals surface area contributed by atoms with Gasteiger partial charge in [0.1, 0.15) is 0 Å². The van der Waals surface area contributed by atoms with E-state index in [2.05, 4.69) is 107 Å². The first-order valence-electron chi connectivity index (χ1n) is 12.8. The van der Waals surface area contributed by atoms with E-state index in [1.54, 1.807) is 0 Å². The Morgan fingerprint density at radius 2 is 1.54 bits per heavy atom. The third-order valence-electron chi connectivity index (χ3n) is 7.17. The van der Waals surface area contributed by atoms with E-state index in [9.17, 15) is 4.79 Å². The van der Waals surface area contributed by atoms with E-state index in [0.717, 1.165) is 45.4 Å². The lowest BCUT2D eigenvalue weighted by molar-refractivity contribution is -0.122. The van der Waals surface area contributed by atoms with Crippen LogP contribution in [0.15, 0.2) is 85.1 Å². The van der Waals surface area contributed by atoms with Crippen LogP contribution < -0.4 is 5.32 Å². The molecule has 0 bridgehead atoms. The molecule has 4 heteroatoms. The highest BCUT2D eigenvalue weighted by atomic mass is 16.1. The van der Waals surface area contributed by atoms with Crippen LogP contribution in [0, 0.1) is 6.92 Å². The Morgan fingerprint density at radius 3 is 2.31 bits per heavy atom. The number of rotatable bonds is 8. The Bertz CT molecular complexity index is 1250. The molecule has 1 aliphatic heterocycles. The van der Waals surface area contributed by atoms with Gasteiger partial charge in [0.2, 0.25) is 5.91 Å². The van der Waals surface area contributed by atoms with Crippen LogP contribution in [-0.4, -0.2) is 34.5 Å². The van der Waals surface area contributed by atoms with Crippen LogP contribution in [-0.2, 0) is 24.3 Å². The highest BCUT2D eigenvalue weighted by Gasteiger charge is 2.21. The van der Waals surface area contributed by atoms with Crippen LogP contribution in [0.25, 0.3) is 10.9 Å². The lowest BCUT2D eigenvalue weighted by atomic mass is 10.0. The van der Waals surface area contributed by atoms with Crippen LogP contribution in [0.4, 0.5) is 0 Å². The summed E-state index contributed by atoms with van der Waals surface area (Å²) in [4.78, 5) is 15.3. The molecule has 4 nitrogen and oxygen atoms in total. The van der Waals surface area contributed by atoms with Gasteiger partial charge in [-0.15, -0.1) is 0 Å². The van der Waals surface area contributed by atoms with Gasteiger partial charge in [-0.05, 0) is 48.9 Å². The smallest absolute Gasteiger partial charge is 0.220 e. The SMILES string of the molecule is Cc1ccc(Cn2cc(CCC(=O)NC3CCN(Cc4ccccc4)CC3)c3ccccc32)cc1. The number of nitrogens with one attached hydrogen (secondary N) is 1. The molecule has 5 rings (SSSR count). The zero-order valence-electron chi connectivity index (χ0n) is 20.6. The van der Waals surface area contributed by atoms with Crippen LogP contribution >= 0.6 is 0 Å². The first-order valence-corrected chi connectivity index (χ1v) is 12.8. The molecule has 0 atom stereocenters. The molecule has 1 fully saturated rings. The minimum absolute atomic E-state index is 0.168. The van der Waals surface area contributed by atoms with Crippen molar-refractivity contribution in [2.75, 3.05) is 13.1 Å². The number of aromatic nitrogens is 1. The van der Waals surface area contributed by atoms with E-state index in [-0.39, 0.29) is 11.9 Å².